The van der Waals surface area contributed by atoms with Crippen molar-refractivity contribution in [2.75, 3.05) is 18.7 Å². The summed E-state index contributed by atoms with van der Waals surface area (Å²) in [4.78, 5) is 29.3. The highest BCUT2D eigenvalue weighted by atomic mass is 19.1. The van der Waals surface area contributed by atoms with Gasteiger partial charge in [0.1, 0.15) is 11.4 Å². The van der Waals surface area contributed by atoms with Gasteiger partial charge in [-0.25, -0.2) is 9.78 Å². The van der Waals surface area contributed by atoms with E-state index in [-0.39, 0.29) is 12.8 Å². The molecule has 1 saturated heterocycles. The number of amides is 2. The van der Waals surface area contributed by atoms with Crippen LogP contribution in [-0.2, 0) is 11.3 Å². The van der Waals surface area contributed by atoms with E-state index in [1.54, 1.807) is 54.0 Å². The van der Waals surface area contributed by atoms with Crippen molar-refractivity contribution in [2.24, 2.45) is 5.73 Å². The number of aromatic nitrogens is 3. The highest BCUT2D eigenvalue weighted by molar-refractivity contribution is 5.88. The zero-order valence-corrected chi connectivity index (χ0v) is 16.6. The summed E-state index contributed by atoms with van der Waals surface area (Å²) in [6.07, 6.45) is 6.24. The number of urea groups is 1. The first kappa shape index (κ1) is 20.6. The first-order valence-electron chi connectivity index (χ1n) is 9.70. The Kier molecular flexibility index (Phi) is 6.29. The Labute approximate surface area is 178 Å². The normalized spacial score (nSPS) is 16.2. The standard InChI is InChI=1S/C21H21FN6O3/c22-19-5-1-3-17(26-19)20-18(4-2-8-25-20)30-13-28-15(7-10-31-28)11-14-12-24-9-6-16(14)27-21(23)29/h1-6,8-9,12,15H,7,10-11,13H2,(H3,23,24,27,29). The maximum Gasteiger partial charge on any atom is 0.316 e. The average molecular weight is 424 g/mol. The van der Waals surface area contributed by atoms with Gasteiger partial charge in [0.25, 0.3) is 0 Å². The molecule has 9 nitrogen and oxygen atoms in total. The van der Waals surface area contributed by atoms with E-state index in [0.29, 0.717) is 35.9 Å². The van der Waals surface area contributed by atoms with Crippen LogP contribution in [0.2, 0.25) is 0 Å². The number of carbonyl (C=O) groups is 1. The van der Waals surface area contributed by atoms with E-state index < -0.39 is 12.0 Å². The Morgan fingerprint density at radius 3 is 3.03 bits per heavy atom. The van der Waals surface area contributed by atoms with Crippen LogP contribution in [0, 0.1) is 5.95 Å². The lowest BCUT2D eigenvalue weighted by atomic mass is 10.0. The minimum absolute atomic E-state index is 0.00467. The van der Waals surface area contributed by atoms with E-state index in [2.05, 4.69) is 20.3 Å². The SMILES string of the molecule is NC(=O)Nc1ccncc1CC1CCON1COc1cccnc1-c1cccc(F)n1. The van der Waals surface area contributed by atoms with Crippen molar-refractivity contribution < 1.29 is 18.8 Å². The Morgan fingerprint density at radius 1 is 1.29 bits per heavy atom. The zero-order valence-electron chi connectivity index (χ0n) is 16.6. The summed E-state index contributed by atoms with van der Waals surface area (Å²) < 4.78 is 19.5. The van der Waals surface area contributed by atoms with Crippen molar-refractivity contribution in [3.63, 3.8) is 0 Å². The molecule has 1 unspecified atom stereocenters. The lowest BCUT2D eigenvalue weighted by Gasteiger charge is -2.23. The third kappa shape index (κ3) is 5.11. The van der Waals surface area contributed by atoms with Gasteiger partial charge in [-0.2, -0.15) is 4.39 Å². The van der Waals surface area contributed by atoms with Gasteiger partial charge in [0.15, 0.2) is 6.73 Å². The third-order valence-corrected chi connectivity index (χ3v) is 4.81. The fourth-order valence-electron chi connectivity index (χ4n) is 3.37. The molecule has 160 valence electrons. The number of halogens is 1. The Balaban J connectivity index is 1.46. The molecule has 2 amide bonds. The molecule has 0 aromatic carbocycles. The molecule has 0 radical (unpaired) electrons. The molecule has 3 N–H and O–H groups in total. The Bertz CT molecular complexity index is 1070. The Morgan fingerprint density at radius 2 is 2.19 bits per heavy atom. The lowest BCUT2D eigenvalue weighted by Crippen LogP contribution is -2.34. The van der Waals surface area contributed by atoms with Gasteiger partial charge in [0.2, 0.25) is 5.95 Å². The van der Waals surface area contributed by atoms with Gasteiger partial charge in [-0.1, -0.05) is 6.07 Å². The highest BCUT2D eigenvalue weighted by Gasteiger charge is 2.28. The number of hydrogen-bond acceptors (Lipinski definition) is 7. The largest absolute Gasteiger partial charge is 0.474 e. The third-order valence-electron chi connectivity index (χ3n) is 4.81. The van der Waals surface area contributed by atoms with Crippen LogP contribution in [0.15, 0.2) is 55.0 Å². The fraction of sp³-hybridized carbons (Fsp3) is 0.238. The van der Waals surface area contributed by atoms with Gasteiger partial charge in [0, 0.05) is 30.3 Å². The Hall–Kier alpha value is -3.63. The molecule has 1 aliphatic rings. The predicted octanol–water partition coefficient (Wildman–Crippen LogP) is 2.75. The smallest absolute Gasteiger partial charge is 0.316 e. The van der Waals surface area contributed by atoms with Crippen LogP contribution in [0.1, 0.15) is 12.0 Å². The van der Waals surface area contributed by atoms with E-state index in [1.807, 2.05) is 0 Å². The van der Waals surface area contributed by atoms with Crippen molar-refractivity contribution >= 4 is 11.7 Å². The molecule has 31 heavy (non-hydrogen) atoms. The van der Waals surface area contributed by atoms with Crippen LogP contribution in [0.3, 0.4) is 0 Å². The van der Waals surface area contributed by atoms with Crippen LogP contribution in [0.25, 0.3) is 11.4 Å². The van der Waals surface area contributed by atoms with Gasteiger partial charge >= 0.3 is 6.03 Å². The van der Waals surface area contributed by atoms with Crippen molar-refractivity contribution in [1.82, 2.24) is 20.0 Å². The summed E-state index contributed by atoms with van der Waals surface area (Å²) in [6.45, 7) is 0.676. The van der Waals surface area contributed by atoms with Crippen molar-refractivity contribution in [2.45, 2.75) is 18.9 Å². The van der Waals surface area contributed by atoms with E-state index >= 15 is 0 Å². The number of nitrogens with one attached hydrogen (secondary N) is 1. The quantitative estimate of drug-likeness (QED) is 0.560. The maximum atomic E-state index is 13.5. The average Bonchev–Trinajstić information content (AvgIpc) is 3.20. The van der Waals surface area contributed by atoms with Crippen molar-refractivity contribution in [1.29, 1.82) is 0 Å². The van der Waals surface area contributed by atoms with E-state index in [4.69, 9.17) is 15.3 Å². The maximum absolute atomic E-state index is 13.5. The van der Waals surface area contributed by atoms with Crippen LogP contribution >= 0.6 is 0 Å². The van der Waals surface area contributed by atoms with E-state index in [9.17, 15) is 9.18 Å². The molecule has 0 saturated carbocycles. The molecule has 1 atom stereocenters. The number of primary amides is 1. The minimum Gasteiger partial charge on any atom is -0.474 e. The van der Waals surface area contributed by atoms with Gasteiger partial charge in [-0.05, 0) is 48.7 Å². The molecule has 0 spiro atoms. The van der Waals surface area contributed by atoms with Crippen LogP contribution < -0.4 is 15.8 Å². The number of hydrogen-bond donors (Lipinski definition) is 2. The molecule has 0 bridgehead atoms. The molecule has 1 aliphatic heterocycles. The number of nitrogens with two attached hydrogens (primary N) is 1. The molecule has 4 rings (SSSR count). The summed E-state index contributed by atoms with van der Waals surface area (Å²) in [6, 6.07) is 9.06. The van der Waals surface area contributed by atoms with Gasteiger partial charge in [-0.15, -0.1) is 5.06 Å². The minimum atomic E-state index is -0.634. The number of pyridine rings is 3. The molecule has 3 aromatic rings. The number of ether oxygens (including phenoxy) is 1. The van der Waals surface area contributed by atoms with Crippen molar-refractivity contribution in [3.8, 4) is 17.1 Å². The number of hydroxylamine groups is 2. The number of rotatable bonds is 7. The van der Waals surface area contributed by atoms with Gasteiger partial charge < -0.3 is 15.8 Å². The summed E-state index contributed by atoms with van der Waals surface area (Å²) in [7, 11) is 0. The van der Waals surface area contributed by atoms with E-state index in [1.165, 1.54) is 6.07 Å². The van der Waals surface area contributed by atoms with Crippen LogP contribution in [0.4, 0.5) is 14.9 Å². The second-order valence-corrected chi connectivity index (χ2v) is 6.89. The lowest BCUT2D eigenvalue weighted by molar-refractivity contribution is -0.167. The first-order valence-corrected chi connectivity index (χ1v) is 9.70. The van der Waals surface area contributed by atoms with Gasteiger partial charge in [0.05, 0.1) is 12.3 Å². The van der Waals surface area contributed by atoms with Gasteiger partial charge in [-0.3, -0.25) is 14.8 Å². The molecule has 4 heterocycles. The molecule has 10 heteroatoms. The second kappa shape index (κ2) is 9.45. The zero-order chi connectivity index (χ0) is 21.6. The number of nitrogens with zero attached hydrogens (tertiary/aromatic N) is 4. The summed E-state index contributed by atoms with van der Waals surface area (Å²) in [5.74, 6) is -0.124. The van der Waals surface area contributed by atoms with Crippen LogP contribution in [0.5, 0.6) is 5.75 Å². The summed E-state index contributed by atoms with van der Waals surface area (Å²) in [5.41, 5.74) is 7.53. The summed E-state index contributed by atoms with van der Waals surface area (Å²) in [5, 5.41) is 4.35. The molecular weight excluding hydrogens is 403 g/mol. The first-order chi connectivity index (χ1) is 15.1. The molecule has 3 aromatic heterocycles. The summed E-state index contributed by atoms with van der Waals surface area (Å²) >= 11 is 0. The van der Waals surface area contributed by atoms with Crippen LogP contribution in [-0.4, -0.2) is 45.4 Å². The monoisotopic (exact) mass is 424 g/mol. The molecule has 1 fully saturated rings. The number of carbonyl (C=O) groups excluding carboxylic acids is 1. The highest BCUT2D eigenvalue weighted by Crippen LogP contribution is 2.28. The van der Waals surface area contributed by atoms with E-state index in [0.717, 1.165) is 12.0 Å². The predicted molar refractivity (Wildman–Crippen MR) is 110 cm³/mol. The molecular formula is C21H21FN6O3. The van der Waals surface area contributed by atoms with Crippen molar-refractivity contribution in [3.05, 3.63) is 66.5 Å². The fourth-order valence-corrected chi connectivity index (χ4v) is 3.37. The second-order valence-electron chi connectivity index (χ2n) is 6.89. The topological polar surface area (TPSA) is 115 Å². The number of anilines is 1. The molecule has 0 aliphatic carbocycles.